The average molecular weight is 277 g/mol. The Balaban J connectivity index is 3.55. The third-order valence-corrected chi connectivity index (χ3v) is 2.64. The summed E-state index contributed by atoms with van der Waals surface area (Å²) < 4.78 is 15.2. The SMILES string of the molecule is COc1cc(Cl)c(C(O)C(=O)O)c(OC)c1OC. The van der Waals surface area contributed by atoms with E-state index in [1.165, 1.54) is 27.4 Å². The summed E-state index contributed by atoms with van der Waals surface area (Å²) in [5, 5.41) is 18.5. The molecule has 0 aliphatic heterocycles. The molecule has 1 aromatic rings. The molecule has 0 bridgehead atoms. The number of aliphatic hydroxyl groups is 1. The first kappa shape index (κ1) is 14.4. The van der Waals surface area contributed by atoms with Crippen LogP contribution >= 0.6 is 11.6 Å². The number of aliphatic hydroxyl groups excluding tert-OH is 1. The first-order valence-corrected chi connectivity index (χ1v) is 5.24. The molecule has 7 heteroatoms. The molecule has 2 N–H and O–H groups in total. The number of rotatable bonds is 5. The molecule has 1 unspecified atom stereocenters. The monoisotopic (exact) mass is 276 g/mol. The Morgan fingerprint density at radius 2 is 1.78 bits per heavy atom. The molecule has 0 heterocycles. The molecule has 0 amide bonds. The van der Waals surface area contributed by atoms with E-state index >= 15 is 0 Å². The van der Waals surface area contributed by atoms with E-state index in [9.17, 15) is 9.90 Å². The maximum absolute atomic E-state index is 10.8. The molecular formula is C11H13ClO6. The highest BCUT2D eigenvalue weighted by Crippen LogP contribution is 2.46. The van der Waals surface area contributed by atoms with Crippen molar-refractivity contribution in [1.82, 2.24) is 0 Å². The maximum atomic E-state index is 10.8. The minimum Gasteiger partial charge on any atom is -0.493 e. The molecule has 100 valence electrons. The van der Waals surface area contributed by atoms with Crippen LogP contribution in [-0.2, 0) is 4.79 Å². The van der Waals surface area contributed by atoms with Crippen molar-refractivity contribution in [2.45, 2.75) is 6.10 Å². The normalized spacial score (nSPS) is 11.8. The second kappa shape index (κ2) is 5.79. The fraction of sp³-hybridized carbons (Fsp3) is 0.364. The van der Waals surface area contributed by atoms with Gasteiger partial charge in [0.15, 0.2) is 17.6 Å². The van der Waals surface area contributed by atoms with E-state index in [-0.39, 0.29) is 27.8 Å². The van der Waals surface area contributed by atoms with Crippen molar-refractivity contribution < 1.29 is 29.2 Å². The van der Waals surface area contributed by atoms with Crippen LogP contribution < -0.4 is 14.2 Å². The number of carboxylic acids is 1. The summed E-state index contributed by atoms with van der Waals surface area (Å²) in [6, 6.07) is 1.35. The van der Waals surface area contributed by atoms with E-state index in [0.717, 1.165) is 0 Å². The molecule has 0 saturated heterocycles. The number of benzene rings is 1. The Morgan fingerprint density at radius 3 is 2.17 bits per heavy atom. The van der Waals surface area contributed by atoms with Gasteiger partial charge in [0.2, 0.25) is 5.75 Å². The highest BCUT2D eigenvalue weighted by Gasteiger charge is 2.28. The van der Waals surface area contributed by atoms with Crippen LogP contribution in [0.25, 0.3) is 0 Å². The molecule has 0 saturated carbocycles. The highest BCUT2D eigenvalue weighted by atomic mass is 35.5. The molecule has 0 radical (unpaired) electrons. The van der Waals surface area contributed by atoms with E-state index in [4.69, 9.17) is 30.9 Å². The molecule has 1 rings (SSSR count). The summed E-state index contributed by atoms with van der Waals surface area (Å²) >= 11 is 5.92. The van der Waals surface area contributed by atoms with Gasteiger partial charge in [0.25, 0.3) is 0 Å². The average Bonchev–Trinajstić information content (AvgIpc) is 2.36. The zero-order chi connectivity index (χ0) is 13.9. The van der Waals surface area contributed by atoms with Crippen LogP contribution in [0.5, 0.6) is 17.2 Å². The molecule has 0 aliphatic carbocycles. The lowest BCUT2D eigenvalue weighted by molar-refractivity contribution is -0.147. The predicted octanol–water partition coefficient (Wildman–Crippen LogP) is 1.48. The number of ether oxygens (including phenoxy) is 3. The van der Waals surface area contributed by atoms with Gasteiger partial charge in [-0.15, -0.1) is 0 Å². The number of halogens is 1. The molecule has 1 aromatic carbocycles. The van der Waals surface area contributed by atoms with Crippen LogP contribution in [0.15, 0.2) is 6.07 Å². The van der Waals surface area contributed by atoms with Gasteiger partial charge >= 0.3 is 5.97 Å². The first-order valence-electron chi connectivity index (χ1n) is 4.87. The van der Waals surface area contributed by atoms with Crippen LogP contribution in [0.2, 0.25) is 5.02 Å². The van der Waals surface area contributed by atoms with Gasteiger partial charge in [-0.2, -0.15) is 0 Å². The maximum Gasteiger partial charge on any atom is 0.337 e. The molecule has 0 spiro atoms. The summed E-state index contributed by atoms with van der Waals surface area (Å²) in [4.78, 5) is 10.8. The lowest BCUT2D eigenvalue weighted by atomic mass is 10.1. The van der Waals surface area contributed by atoms with Gasteiger partial charge < -0.3 is 24.4 Å². The summed E-state index contributed by atoms with van der Waals surface area (Å²) in [5.74, 6) is -0.973. The van der Waals surface area contributed by atoms with Crippen molar-refractivity contribution in [2.75, 3.05) is 21.3 Å². The topological polar surface area (TPSA) is 85.2 Å². The zero-order valence-corrected chi connectivity index (χ0v) is 10.8. The van der Waals surface area contributed by atoms with Gasteiger partial charge in [0.1, 0.15) is 0 Å². The van der Waals surface area contributed by atoms with Crippen LogP contribution in [0, 0.1) is 0 Å². The van der Waals surface area contributed by atoms with E-state index in [1.807, 2.05) is 0 Å². The van der Waals surface area contributed by atoms with Crippen molar-refractivity contribution in [2.24, 2.45) is 0 Å². The van der Waals surface area contributed by atoms with Gasteiger partial charge in [-0.1, -0.05) is 11.6 Å². The van der Waals surface area contributed by atoms with Crippen LogP contribution in [0.1, 0.15) is 11.7 Å². The summed E-state index contributed by atoms with van der Waals surface area (Å²) in [6.07, 6.45) is -1.81. The number of hydrogen-bond acceptors (Lipinski definition) is 5. The molecule has 0 fully saturated rings. The quantitative estimate of drug-likeness (QED) is 0.847. The Hall–Kier alpha value is -1.66. The van der Waals surface area contributed by atoms with Crippen LogP contribution in [-0.4, -0.2) is 37.5 Å². The Bertz CT molecular complexity index is 459. The van der Waals surface area contributed by atoms with Crippen molar-refractivity contribution in [1.29, 1.82) is 0 Å². The van der Waals surface area contributed by atoms with Crippen LogP contribution in [0.4, 0.5) is 0 Å². The van der Waals surface area contributed by atoms with Gasteiger partial charge in [-0.3, -0.25) is 0 Å². The van der Waals surface area contributed by atoms with Gasteiger partial charge in [0, 0.05) is 6.07 Å². The number of carboxylic acid groups (broad SMARTS) is 1. The Kier molecular flexibility index (Phi) is 4.63. The van der Waals surface area contributed by atoms with Gasteiger partial charge in [0.05, 0.1) is 31.9 Å². The van der Waals surface area contributed by atoms with Crippen molar-refractivity contribution in [3.63, 3.8) is 0 Å². The minimum atomic E-state index is -1.81. The molecule has 18 heavy (non-hydrogen) atoms. The van der Waals surface area contributed by atoms with Crippen molar-refractivity contribution in [3.8, 4) is 17.2 Å². The van der Waals surface area contributed by atoms with Gasteiger partial charge in [-0.25, -0.2) is 4.79 Å². The predicted molar refractivity (Wildman–Crippen MR) is 63.7 cm³/mol. The summed E-state index contributed by atoms with van der Waals surface area (Å²) in [5.41, 5.74) is -0.0793. The largest absolute Gasteiger partial charge is 0.493 e. The number of hydrogen-bond donors (Lipinski definition) is 2. The summed E-state index contributed by atoms with van der Waals surface area (Å²) in [6.45, 7) is 0. The smallest absolute Gasteiger partial charge is 0.337 e. The number of methoxy groups -OCH3 is 3. The number of aliphatic carboxylic acids is 1. The standard InChI is InChI=1S/C11H13ClO6/c1-16-6-4-5(12)7(8(13)11(14)15)10(18-3)9(6)17-2/h4,8,13H,1-3H3,(H,14,15). The molecule has 1 atom stereocenters. The minimum absolute atomic E-state index is 0.0133. The molecule has 0 aromatic heterocycles. The van der Waals surface area contributed by atoms with Crippen LogP contribution in [0.3, 0.4) is 0 Å². The van der Waals surface area contributed by atoms with E-state index < -0.39 is 12.1 Å². The van der Waals surface area contributed by atoms with Crippen molar-refractivity contribution >= 4 is 17.6 Å². The third-order valence-electron chi connectivity index (χ3n) is 2.33. The first-order chi connectivity index (χ1) is 8.47. The fourth-order valence-electron chi connectivity index (χ4n) is 1.53. The lowest BCUT2D eigenvalue weighted by Gasteiger charge is -2.18. The highest BCUT2D eigenvalue weighted by molar-refractivity contribution is 6.32. The second-order valence-corrected chi connectivity index (χ2v) is 3.69. The molecule has 0 aliphatic rings. The van der Waals surface area contributed by atoms with E-state index in [1.54, 1.807) is 0 Å². The summed E-state index contributed by atoms with van der Waals surface area (Å²) in [7, 11) is 4.08. The fourth-order valence-corrected chi connectivity index (χ4v) is 1.82. The Morgan fingerprint density at radius 1 is 1.22 bits per heavy atom. The lowest BCUT2D eigenvalue weighted by Crippen LogP contribution is -2.13. The Labute approximate surface area is 109 Å². The van der Waals surface area contributed by atoms with E-state index in [0.29, 0.717) is 0 Å². The zero-order valence-electron chi connectivity index (χ0n) is 10.1. The number of carbonyl (C=O) groups is 1. The molecular weight excluding hydrogens is 264 g/mol. The van der Waals surface area contributed by atoms with Gasteiger partial charge in [-0.05, 0) is 0 Å². The van der Waals surface area contributed by atoms with Crippen molar-refractivity contribution in [3.05, 3.63) is 16.7 Å². The second-order valence-electron chi connectivity index (χ2n) is 3.28. The third kappa shape index (κ3) is 2.44. The van der Waals surface area contributed by atoms with E-state index in [2.05, 4.69) is 0 Å². The molecule has 6 nitrogen and oxygen atoms in total.